The van der Waals surface area contributed by atoms with Crippen molar-refractivity contribution in [1.82, 2.24) is 5.06 Å². The van der Waals surface area contributed by atoms with Gasteiger partial charge in [0.15, 0.2) is 0 Å². The Kier molecular flexibility index (Phi) is 5.31. The van der Waals surface area contributed by atoms with Crippen molar-refractivity contribution in [3.05, 3.63) is 59.7 Å². The first-order valence-electron chi connectivity index (χ1n) is 8.46. The van der Waals surface area contributed by atoms with Gasteiger partial charge < -0.3 is 4.74 Å². The second-order valence-corrected chi connectivity index (χ2v) is 5.95. The van der Waals surface area contributed by atoms with E-state index in [2.05, 4.69) is 0 Å². The van der Waals surface area contributed by atoms with Crippen molar-refractivity contribution < 1.29 is 24.0 Å². The van der Waals surface area contributed by atoms with Crippen molar-refractivity contribution in [2.45, 2.75) is 25.7 Å². The predicted octanol–water partition coefficient (Wildman–Crippen LogP) is 3.65. The molecule has 1 aliphatic rings. The number of nitrogens with zero attached hydrogens (tertiary/aromatic N) is 1. The number of carbonyl (C=O) groups is 3. The van der Waals surface area contributed by atoms with E-state index in [1.54, 1.807) is 6.92 Å². The Balaban J connectivity index is 1.69. The lowest BCUT2D eigenvalue weighted by atomic mass is 9.98. The third-order valence-electron chi connectivity index (χ3n) is 4.31. The number of hydrogen-bond acceptors (Lipinski definition) is 5. The highest BCUT2D eigenvalue weighted by atomic mass is 16.8. The second-order valence-electron chi connectivity index (χ2n) is 5.95. The van der Waals surface area contributed by atoms with Gasteiger partial charge in [0.1, 0.15) is 6.61 Å². The summed E-state index contributed by atoms with van der Waals surface area (Å²) in [5.74, 6) is -0.706. The molecule has 3 rings (SSSR count). The molecule has 1 aliphatic carbocycles. The molecule has 0 radical (unpaired) electrons. The number of hydroxylamine groups is 2. The van der Waals surface area contributed by atoms with E-state index < -0.39 is 12.1 Å². The molecule has 0 aromatic heterocycles. The lowest BCUT2D eigenvalue weighted by Crippen LogP contribution is -2.32. The van der Waals surface area contributed by atoms with Crippen LogP contribution in [0.1, 0.15) is 36.8 Å². The summed E-state index contributed by atoms with van der Waals surface area (Å²) in [5.41, 5.74) is 4.35. The Morgan fingerprint density at radius 2 is 1.62 bits per heavy atom. The normalized spacial score (nSPS) is 12.0. The molecular formula is C20H19NO5. The van der Waals surface area contributed by atoms with E-state index in [0.29, 0.717) is 11.5 Å². The number of hydrogen-bond donors (Lipinski definition) is 0. The fraction of sp³-hybridized carbons (Fsp3) is 0.250. The van der Waals surface area contributed by atoms with Crippen molar-refractivity contribution in [3.63, 3.8) is 0 Å². The lowest BCUT2D eigenvalue weighted by molar-refractivity contribution is -0.176. The van der Waals surface area contributed by atoms with Gasteiger partial charge in [-0.25, -0.2) is 4.79 Å². The zero-order valence-electron chi connectivity index (χ0n) is 14.4. The van der Waals surface area contributed by atoms with Crippen LogP contribution in [0.15, 0.2) is 48.5 Å². The molecule has 6 nitrogen and oxygen atoms in total. The lowest BCUT2D eigenvalue weighted by Gasteiger charge is -2.16. The molecule has 0 saturated carbocycles. The summed E-state index contributed by atoms with van der Waals surface area (Å²) in [5, 5.41) is 0.377. The van der Waals surface area contributed by atoms with Crippen LogP contribution in [0.25, 0.3) is 11.1 Å². The molecule has 0 unspecified atom stereocenters. The van der Waals surface area contributed by atoms with Crippen LogP contribution >= 0.6 is 0 Å². The minimum Gasteiger partial charge on any atom is -0.432 e. The minimum absolute atomic E-state index is 0.0571. The van der Waals surface area contributed by atoms with Crippen LogP contribution in [0.5, 0.6) is 0 Å². The molecule has 0 fully saturated rings. The van der Waals surface area contributed by atoms with Gasteiger partial charge in [0.25, 0.3) is 12.3 Å². The minimum atomic E-state index is -1.08. The van der Waals surface area contributed by atoms with Gasteiger partial charge in [-0.3, -0.25) is 14.4 Å². The molecule has 0 bridgehead atoms. The first-order valence-corrected chi connectivity index (χ1v) is 8.46. The van der Waals surface area contributed by atoms with Gasteiger partial charge in [-0.15, -0.1) is 5.06 Å². The molecule has 0 spiro atoms. The van der Waals surface area contributed by atoms with Crippen molar-refractivity contribution in [1.29, 1.82) is 0 Å². The third-order valence-corrected chi connectivity index (χ3v) is 4.31. The van der Waals surface area contributed by atoms with E-state index >= 15 is 0 Å². The van der Waals surface area contributed by atoms with Gasteiger partial charge in [0, 0.05) is 12.3 Å². The number of imide groups is 1. The molecule has 0 atom stereocenters. The number of fused-ring (bicyclic) bond motifs is 3. The maximum atomic E-state index is 11.9. The van der Waals surface area contributed by atoms with E-state index in [0.717, 1.165) is 22.3 Å². The summed E-state index contributed by atoms with van der Waals surface area (Å²) in [6, 6.07) is 15.9. The predicted molar refractivity (Wildman–Crippen MR) is 94.0 cm³/mol. The monoisotopic (exact) mass is 353 g/mol. The van der Waals surface area contributed by atoms with Crippen LogP contribution in [-0.2, 0) is 19.2 Å². The molecule has 6 heteroatoms. The van der Waals surface area contributed by atoms with Crippen LogP contribution < -0.4 is 0 Å². The molecule has 134 valence electrons. The van der Waals surface area contributed by atoms with Gasteiger partial charge in [0.2, 0.25) is 0 Å². The number of rotatable bonds is 5. The van der Waals surface area contributed by atoms with Crippen molar-refractivity contribution in [2.24, 2.45) is 0 Å². The fourth-order valence-electron chi connectivity index (χ4n) is 3.15. The Labute approximate surface area is 151 Å². The average molecular weight is 353 g/mol. The van der Waals surface area contributed by atoms with Gasteiger partial charge in [0.05, 0.1) is 0 Å². The van der Waals surface area contributed by atoms with Crippen LogP contribution in [0.4, 0.5) is 4.79 Å². The zero-order chi connectivity index (χ0) is 18.5. The zero-order valence-corrected chi connectivity index (χ0v) is 14.4. The Hall–Kier alpha value is -3.15. The highest BCUT2D eigenvalue weighted by molar-refractivity contribution is 5.86. The Morgan fingerprint density at radius 3 is 2.15 bits per heavy atom. The summed E-state index contributed by atoms with van der Waals surface area (Å²) in [6.45, 7) is 1.84. The summed E-state index contributed by atoms with van der Waals surface area (Å²) in [7, 11) is 0. The number of amides is 2. The summed E-state index contributed by atoms with van der Waals surface area (Å²) in [6.07, 6.45) is -0.269. The molecule has 2 amide bonds. The average Bonchev–Trinajstić information content (AvgIpc) is 2.98. The Morgan fingerprint density at radius 1 is 1.04 bits per heavy atom. The highest BCUT2D eigenvalue weighted by Gasteiger charge is 2.29. The SMILES string of the molecule is CCCC(=O)N(C=O)OC(=O)OCC1c2ccccc2-c2ccccc21. The van der Waals surface area contributed by atoms with Crippen molar-refractivity contribution >= 4 is 18.5 Å². The van der Waals surface area contributed by atoms with Crippen molar-refractivity contribution in [2.75, 3.05) is 6.61 Å². The number of benzene rings is 2. The van der Waals surface area contributed by atoms with Gasteiger partial charge in [-0.2, -0.15) is 0 Å². The van der Waals surface area contributed by atoms with Crippen LogP contribution in [0.2, 0.25) is 0 Å². The summed E-state index contributed by atoms with van der Waals surface area (Å²) in [4.78, 5) is 39.2. The van der Waals surface area contributed by atoms with Gasteiger partial charge in [-0.1, -0.05) is 55.5 Å². The smallest absolute Gasteiger partial charge is 0.432 e. The summed E-state index contributed by atoms with van der Waals surface area (Å²) < 4.78 is 5.19. The van der Waals surface area contributed by atoms with E-state index in [-0.39, 0.29) is 25.4 Å². The van der Waals surface area contributed by atoms with E-state index in [1.807, 2.05) is 48.5 Å². The standard InChI is InChI=1S/C20H19NO5/c1-2-7-19(23)21(13-22)26-20(24)25-12-18-16-10-5-3-8-14(16)15-9-4-6-11-17(15)18/h3-6,8-11,13,18H,2,7,12H2,1H3. The molecule has 26 heavy (non-hydrogen) atoms. The van der Waals surface area contributed by atoms with E-state index in [4.69, 9.17) is 9.57 Å². The van der Waals surface area contributed by atoms with E-state index in [1.165, 1.54) is 0 Å². The second kappa shape index (κ2) is 7.82. The largest absolute Gasteiger partial charge is 0.533 e. The number of carbonyl (C=O) groups excluding carboxylic acids is 3. The fourth-order valence-corrected chi connectivity index (χ4v) is 3.15. The molecule has 0 saturated heterocycles. The third kappa shape index (κ3) is 3.44. The molecule has 0 heterocycles. The molecular weight excluding hydrogens is 334 g/mol. The Bertz CT molecular complexity index is 787. The first kappa shape index (κ1) is 17.7. The van der Waals surface area contributed by atoms with Crippen LogP contribution in [0, 0.1) is 0 Å². The first-order chi connectivity index (χ1) is 12.7. The molecule has 0 aliphatic heterocycles. The maximum absolute atomic E-state index is 11.9. The topological polar surface area (TPSA) is 72.9 Å². The number of ether oxygens (including phenoxy) is 1. The quantitative estimate of drug-likeness (QED) is 0.466. The maximum Gasteiger partial charge on any atom is 0.533 e. The molecule has 0 N–H and O–H groups in total. The van der Waals surface area contributed by atoms with Gasteiger partial charge in [-0.05, 0) is 28.7 Å². The van der Waals surface area contributed by atoms with Crippen molar-refractivity contribution in [3.8, 4) is 11.1 Å². The summed E-state index contributed by atoms with van der Waals surface area (Å²) >= 11 is 0. The van der Waals surface area contributed by atoms with Gasteiger partial charge >= 0.3 is 6.16 Å². The van der Waals surface area contributed by atoms with Crippen LogP contribution in [-0.4, -0.2) is 30.1 Å². The molecule has 2 aromatic carbocycles. The highest BCUT2D eigenvalue weighted by Crippen LogP contribution is 2.44. The molecule has 2 aromatic rings. The van der Waals surface area contributed by atoms with Crippen LogP contribution in [0.3, 0.4) is 0 Å². The van der Waals surface area contributed by atoms with E-state index in [9.17, 15) is 14.4 Å².